The van der Waals surface area contributed by atoms with Gasteiger partial charge in [-0.15, -0.1) is 11.3 Å². The van der Waals surface area contributed by atoms with Crippen molar-refractivity contribution >= 4 is 62.1 Å². The predicted octanol–water partition coefficient (Wildman–Crippen LogP) is 2.49. The fourth-order valence-corrected chi connectivity index (χ4v) is 5.12. The number of nitrogens with zero attached hydrogens (tertiary/aromatic N) is 3. The van der Waals surface area contributed by atoms with E-state index in [1.807, 2.05) is 34.7 Å². The smallest absolute Gasteiger partial charge is 0.258 e. The fourth-order valence-electron chi connectivity index (χ4n) is 3.85. The molecule has 1 N–H and O–H groups in total. The van der Waals surface area contributed by atoms with E-state index in [1.165, 1.54) is 11.3 Å². The van der Waals surface area contributed by atoms with Gasteiger partial charge in [0, 0.05) is 19.6 Å². The Kier molecular flexibility index (Phi) is 5.53. The number of morpholine rings is 1. The van der Waals surface area contributed by atoms with E-state index in [4.69, 9.17) is 13.9 Å². The van der Waals surface area contributed by atoms with E-state index in [-0.39, 0.29) is 24.1 Å². The van der Waals surface area contributed by atoms with Crippen molar-refractivity contribution in [2.24, 2.45) is 0 Å². The first-order valence-electron chi connectivity index (χ1n) is 9.93. The molecule has 1 saturated heterocycles. The van der Waals surface area contributed by atoms with E-state index in [2.05, 4.69) is 23.1 Å². The molecule has 31 heavy (non-hydrogen) atoms. The number of fused-ring (bicyclic) bond motifs is 5. The van der Waals surface area contributed by atoms with E-state index >= 15 is 0 Å². The number of thiazole rings is 1. The van der Waals surface area contributed by atoms with Crippen LogP contribution in [0.2, 0.25) is 0 Å². The van der Waals surface area contributed by atoms with Gasteiger partial charge >= 0.3 is 0 Å². The van der Waals surface area contributed by atoms with Crippen LogP contribution >= 0.6 is 24.2 Å². The van der Waals surface area contributed by atoms with Gasteiger partial charge in [-0.2, -0.15) is 0 Å². The molecule has 160 valence electrons. The Morgan fingerprint density at radius 1 is 1.23 bits per heavy atom. The van der Waals surface area contributed by atoms with Crippen LogP contribution < -0.4 is 15.6 Å². The second-order valence-electron chi connectivity index (χ2n) is 7.14. The van der Waals surface area contributed by atoms with Crippen molar-refractivity contribution in [3.05, 3.63) is 52.2 Å². The van der Waals surface area contributed by atoms with Gasteiger partial charge in [-0.25, -0.2) is 4.98 Å². The zero-order valence-corrected chi connectivity index (χ0v) is 18.2. The topological polar surface area (TPSA) is 85.2 Å². The van der Waals surface area contributed by atoms with Crippen molar-refractivity contribution in [2.75, 3.05) is 44.4 Å². The maximum Gasteiger partial charge on any atom is 0.258 e. The number of benzene rings is 1. The maximum absolute atomic E-state index is 13.4. The number of rotatable bonds is 5. The highest BCUT2D eigenvalue weighted by Gasteiger charge is 2.23. The Morgan fingerprint density at radius 2 is 2.03 bits per heavy atom. The van der Waals surface area contributed by atoms with E-state index in [0.717, 1.165) is 29.1 Å². The second kappa shape index (κ2) is 8.46. The fraction of sp³-hybridized carbons (Fsp3) is 0.286. The quantitative estimate of drug-likeness (QED) is 0.273. The Hall–Kier alpha value is -2.66. The van der Waals surface area contributed by atoms with E-state index in [1.54, 1.807) is 6.07 Å². The average molecular weight is 457 g/mol. The Morgan fingerprint density at radius 3 is 2.84 bits per heavy atom. The summed E-state index contributed by atoms with van der Waals surface area (Å²) in [6, 6.07) is 11.4. The van der Waals surface area contributed by atoms with Crippen molar-refractivity contribution in [2.45, 2.75) is 0 Å². The van der Waals surface area contributed by atoms with Crippen LogP contribution in [0.1, 0.15) is 10.4 Å². The lowest BCUT2D eigenvalue weighted by Crippen LogP contribution is -2.37. The molecule has 0 bridgehead atoms. The third kappa shape index (κ3) is 3.55. The molecule has 1 aliphatic rings. The first-order valence-corrected chi connectivity index (χ1v) is 11.1. The third-order valence-corrected chi connectivity index (χ3v) is 6.64. The highest BCUT2D eigenvalue weighted by molar-refractivity contribution is 7.75. The van der Waals surface area contributed by atoms with Crippen LogP contribution in [0.5, 0.6) is 0 Å². The lowest BCUT2D eigenvalue weighted by Gasteiger charge is -2.27. The Labute approximate surface area is 187 Å². The number of nitrogens with one attached hydrogen (secondary N) is 1. The molecule has 10 heteroatoms. The monoisotopic (exact) mass is 456 g/mol. The number of carbonyl (C=O) groups is 1. The van der Waals surface area contributed by atoms with Crippen LogP contribution in [-0.4, -0.2) is 54.7 Å². The molecule has 1 aliphatic heterocycles. The molecule has 1 aromatic carbocycles. The van der Waals surface area contributed by atoms with Crippen LogP contribution in [0.4, 0.5) is 5.82 Å². The number of aromatic nitrogens is 2. The molecule has 8 nitrogen and oxygen atoms in total. The van der Waals surface area contributed by atoms with Gasteiger partial charge in [0.2, 0.25) is 5.43 Å². The molecule has 0 saturated carbocycles. The van der Waals surface area contributed by atoms with Crippen LogP contribution in [0.15, 0.2) is 41.2 Å². The SMILES string of the molecule is O=C(NCCOS)c1c(=O)c2ccc(N3CCOCC3)nc2n2c1sc1ccccc12. The zero-order chi connectivity index (χ0) is 21.4. The summed E-state index contributed by atoms with van der Waals surface area (Å²) in [7, 11) is 0. The maximum atomic E-state index is 13.4. The van der Waals surface area contributed by atoms with Crippen LogP contribution in [-0.2, 0) is 8.92 Å². The summed E-state index contributed by atoms with van der Waals surface area (Å²) in [5.74, 6) is 0.362. The molecule has 1 fully saturated rings. The van der Waals surface area contributed by atoms with Gasteiger partial charge in [0.1, 0.15) is 16.2 Å². The molecular weight excluding hydrogens is 436 g/mol. The molecule has 4 heterocycles. The highest BCUT2D eigenvalue weighted by Crippen LogP contribution is 2.31. The van der Waals surface area contributed by atoms with Crippen LogP contribution in [0.3, 0.4) is 0 Å². The number of thiol groups is 1. The molecule has 0 aliphatic carbocycles. The third-order valence-electron chi connectivity index (χ3n) is 5.31. The Bertz CT molecular complexity index is 1340. The molecule has 0 atom stereocenters. The highest BCUT2D eigenvalue weighted by atomic mass is 32.1. The molecule has 0 radical (unpaired) electrons. The van der Waals surface area contributed by atoms with E-state index < -0.39 is 5.91 Å². The molecule has 3 aromatic heterocycles. The molecule has 5 rings (SSSR count). The van der Waals surface area contributed by atoms with Crippen molar-refractivity contribution in [3.63, 3.8) is 0 Å². The molecule has 4 aromatic rings. The summed E-state index contributed by atoms with van der Waals surface area (Å²) < 4.78 is 13.0. The van der Waals surface area contributed by atoms with Gasteiger partial charge in [-0.05, 0) is 37.2 Å². The molecule has 0 unspecified atom stereocenters. The molecular formula is C21H20N4O4S2. The Balaban J connectivity index is 1.77. The first-order chi connectivity index (χ1) is 15.2. The minimum atomic E-state index is -0.432. The molecule has 0 spiro atoms. The van der Waals surface area contributed by atoms with Crippen molar-refractivity contribution in [1.82, 2.24) is 14.7 Å². The lowest BCUT2D eigenvalue weighted by atomic mass is 10.1. The summed E-state index contributed by atoms with van der Waals surface area (Å²) >= 11 is 5.10. The van der Waals surface area contributed by atoms with Crippen molar-refractivity contribution in [1.29, 1.82) is 0 Å². The predicted molar refractivity (Wildman–Crippen MR) is 125 cm³/mol. The average Bonchev–Trinajstić information content (AvgIpc) is 3.19. The first kappa shape index (κ1) is 20.3. The normalized spacial score (nSPS) is 14.5. The zero-order valence-electron chi connectivity index (χ0n) is 16.5. The summed E-state index contributed by atoms with van der Waals surface area (Å²) in [5.41, 5.74) is 1.25. The minimum Gasteiger partial charge on any atom is -0.378 e. The number of hydrogen-bond donors (Lipinski definition) is 2. The van der Waals surface area contributed by atoms with E-state index in [9.17, 15) is 9.59 Å². The number of hydrogen-bond acceptors (Lipinski definition) is 8. The number of amides is 1. The number of ether oxygens (including phenoxy) is 1. The number of pyridine rings is 2. The number of carbonyl (C=O) groups excluding carboxylic acids is 1. The van der Waals surface area contributed by atoms with Gasteiger partial charge in [-0.3, -0.25) is 14.0 Å². The van der Waals surface area contributed by atoms with Crippen molar-refractivity contribution in [3.8, 4) is 0 Å². The molecule has 1 amide bonds. The summed E-state index contributed by atoms with van der Waals surface area (Å²) in [4.78, 5) is 33.9. The van der Waals surface area contributed by atoms with Gasteiger partial charge in [0.05, 0.1) is 35.4 Å². The number of anilines is 1. The standard InChI is InChI=1S/C21H20N4O4S2/c26-18-13-5-6-16(24-8-11-28-12-9-24)23-19(13)25-14-3-1-2-4-15(14)31-21(25)17(18)20(27)22-7-10-29-30/h1-6,30H,7-12H2,(H,22,27). The van der Waals surface area contributed by atoms with Gasteiger partial charge < -0.3 is 19.1 Å². The van der Waals surface area contributed by atoms with Gasteiger partial charge in [0.15, 0.2) is 5.65 Å². The summed E-state index contributed by atoms with van der Waals surface area (Å²) in [6.07, 6.45) is 0. The summed E-state index contributed by atoms with van der Waals surface area (Å²) in [5, 5.41) is 3.15. The number of para-hydroxylation sites is 1. The minimum absolute atomic E-state index is 0.119. The van der Waals surface area contributed by atoms with E-state index in [0.29, 0.717) is 29.1 Å². The van der Waals surface area contributed by atoms with Crippen LogP contribution in [0.25, 0.3) is 26.1 Å². The summed E-state index contributed by atoms with van der Waals surface area (Å²) in [6.45, 7) is 3.27. The lowest BCUT2D eigenvalue weighted by molar-refractivity contribution is 0.0949. The second-order valence-corrected chi connectivity index (χ2v) is 8.43. The largest absolute Gasteiger partial charge is 0.378 e. The van der Waals surface area contributed by atoms with Gasteiger partial charge in [0.25, 0.3) is 5.91 Å². The van der Waals surface area contributed by atoms with Gasteiger partial charge in [-0.1, -0.05) is 12.1 Å². The van der Waals surface area contributed by atoms with Crippen LogP contribution in [0, 0.1) is 0 Å². The van der Waals surface area contributed by atoms with Crippen molar-refractivity contribution < 1.29 is 13.7 Å².